The number of nitrogens with zero attached hydrogens (tertiary/aromatic N) is 2. The van der Waals surface area contributed by atoms with Crippen LogP contribution in [0.15, 0.2) is 45.8 Å². The first-order valence-electron chi connectivity index (χ1n) is 10.8. The molecule has 1 atom stereocenters. The topological polar surface area (TPSA) is 49.9 Å². The maximum absolute atomic E-state index is 14.2. The van der Waals surface area contributed by atoms with E-state index in [-0.39, 0.29) is 47.7 Å². The van der Waals surface area contributed by atoms with Gasteiger partial charge in [-0.2, -0.15) is 4.31 Å². The molecule has 4 rings (SSSR count). The van der Waals surface area contributed by atoms with Gasteiger partial charge < -0.3 is 9.64 Å². The number of para-hydroxylation sites is 1. The predicted octanol–water partition coefficient (Wildman–Crippen LogP) is 6.03. The third-order valence-corrected chi connectivity index (χ3v) is 8.77. The summed E-state index contributed by atoms with van der Waals surface area (Å²) in [5, 5.41) is 0. The number of ether oxygens (including phenoxy) is 1. The van der Waals surface area contributed by atoms with E-state index in [0.717, 1.165) is 0 Å². The van der Waals surface area contributed by atoms with Gasteiger partial charge in [-0.3, -0.25) is 0 Å². The first kappa shape index (κ1) is 24.3. The first-order valence-corrected chi connectivity index (χ1v) is 13.0. The van der Waals surface area contributed by atoms with Gasteiger partial charge in [0.15, 0.2) is 11.6 Å². The Kier molecular flexibility index (Phi) is 6.48. The summed E-state index contributed by atoms with van der Waals surface area (Å²) in [5.74, 6) is -2.94. The van der Waals surface area contributed by atoms with Crippen molar-refractivity contribution in [2.75, 3.05) is 18.5 Å². The standard InChI is InChI=1S/C23H26BrF3N2O3S/c1-14(2)8-15-13-29(16-11-23(26,27)12-16)19-10-21(32-20-7-5-4-6-18(20)25)17(24)9-22(19)33(30,31)28(15)3/h4-7,9-10,14-16H,8,11-13H2,1-3H3/t15-/m1/s1. The highest BCUT2D eigenvalue weighted by Gasteiger charge is 2.50. The molecule has 5 nitrogen and oxygen atoms in total. The van der Waals surface area contributed by atoms with Crippen LogP contribution in [0.3, 0.4) is 0 Å². The molecule has 33 heavy (non-hydrogen) atoms. The van der Waals surface area contributed by atoms with Crippen LogP contribution in [0.5, 0.6) is 11.5 Å². The second kappa shape index (κ2) is 8.78. The summed E-state index contributed by atoms with van der Waals surface area (Å²) in [6.07, 6.45) is -0.0998. The summed E-state index contributed by atoms with van der Waals surface area (Å²) in [7, 11) is -2.38. The maximum Gasteiger partial charge on any atom is 0.252 e. The minimum Gasteiger partial charge on any atom is -0.453 e. The normalized spacial score (nSPS) is 22.5. The second-order valence-corrected chi connectivity index (χ2v) is 12.0. The Morgan fingerprint density at radius 3 is 2.45 bits per heavy atom. The van der Waals surface area contributed by atoms with Gasteiger partial charge in [0.1, 0.15) is 10.6 Å². The second-order valence-electron chi connectivity index (χ2n) is 9.16. The van der Waals surface area contributed by atoms with Gasteiger partial charge >= 0.3 is 0 Å². The van der Waals surface area contributed by atoms with Gasteiger partial charge in [-0.25, -0.2) is 21.6 Å². The van der Waals surface area contributed by atoms with Crippen LogP contribution in [0.25, 0.3) is 0 Å². The summed E-state index contributed by atoms with van der Waals surface area (Å²) < 4.78 is 76.2. The van der Waals surface area contributed by atoms with E-state index in [1.165, 1.54) is 41.7 Å². The molecular weight excluding hydrogens is 521 g/mol. The fourth-order valence-corrected chi connectivity index (χ4v) is 6.57. The Morgan fingerprint density at radius 1 is 1.18 bits per heavy atom. The van der Waals surface area contributed by atoms with E-state index in [0.29, 0.717) is 16.6 Å². The Labute approximate surface area is 200 Å². The Balaban J connectivity index is 1.83. The van der Waals surface area contributed by atoms with Crippen LogP contribution in [0.1, 0.15) is 33.1 Å². The molecule has 0 unspecified atom stereocenters. The summed E-state index contributed by atoms with van der Waals surface area (Å²) in [5.41, 5.74) is 0.295. The van der Waals surface area contributed by atoms with E-state index >= 15 is 0 Å². The number of likely N-dealkylation sites (N-methyl/N-ethyl adjacent to an activating group) is 1. The number of benzene rings is 2. The van der Waals surface area contributed by atoms with Crippen molar-refractivity contribution in [3.05, 3.63) is 46.7 Å². The van der Waals surface area contributed by atoms with Gasteiger partial charge in [0.25, 0.3) is 5.92 Å². The zero-order chi connectivity index (χ0) is 24.1. The van der Waals surface area contributed by atoms with Gasteiger partial charge in [0, 0.05) is 44.6 Å². The molecule has 2 aromatic carbocycles. The average Bonchev–Trinajstić information content (AvgIpc) is 2.77. The summed E-state index contributed by atoms with van der Waals surface area (Å²) in [6, 6.07) is 7.90. The number of alkyl halides is 2. The zero-order valence-corrected chi connectivity index (χ0v) is 21.0. The highest BCUT2D eigenvalue weighted by Crippen LogP contribution is 2.47. The molecule has 10 heteroatoms. The number of fused-ring (bicyclic) bond motifs is 1. The van der Waals surface area contributed by atoms with E-state index in [9.17, 15) is 21.6 Å². The lowest BCUT2D eigenvalue weighted by atomic mass is 9.86. The van der Waals surface area contributed by atoms with Crippen molar-refractivity contribution < 1.29 is 26.3 Å². The third-order valence-electron chi connectivity index (χ3n) is 6.21. The maximum atomic E-state index is 14.2. The lowest BCUT2D eigenvalue weighted by Gasteiger charge is -2.44. The fraction of sp³-hybridized carbons (Fsp3) is 0.478. The summed E-state index contributed by atoms with van der Waals surface area (Å²) in [4.78, 5) is 1.78. The van der Waals surface area contributed by atoms with E-state index in [2.05, 4.69) is 15.9 Å². The lowest BCUT2D eigenvalue weighted by molar-refractivity contribution is -0.0862. The van der Waals surface area contributed by atoms with Crippen molar-refractivity contribution in [3.8, 4) is 11.5 Å². The fourth-order valence-electron chi connectivity index (χ4n) is 4.43. The van der Waals surface area contributed by atoms with Gasteiger partial charge in [-0.05, 0) is 46.5 Å². The smallest absolute Gasteiger partial charge is 0.252 e. The number of hydrogen-bond acceptors (Lipinski definition) is 4. The summed E-state index contributed by atoms with van der Waals surface area (Å²) in [6.45, 7) is 4.27. The minimum absolute atomic E-state index is 0.0132. The van der Waals surface area contributed by atoms with Crippen LogP contribution in [0.2, 0.25) is 0 Å². The number of rotatable bonds is 5. The molecule has 1 aliphatic carbocycles. The molecule has 2 aliphatic rings. The van der Waals surface area contributed by atoms with Crippen LogP contribution in [0, 0.1) is 11.7 Å². The van der Waals surface area contributed by atoms with Crippen LogP contribution in [0.4, 0.5) is 18.9 Å². The molecule has 0 bridgehead atoms. The number of hydrogen-bond donors (Lipinski definition) is 0. The van der Waals surface area contributed by atoms with Crippen molar-refractivity contribution in [1.29, 1.82) is 0 Å². The minimum atomic E-state index is -3.91. The van der Waals surface area contributed by atoms with Crippen molar-refractivity contribution in [2.24, 2.45) is 5.92 Å². The van der Waals surface area contributed by atoms with E-state index in [1.54, 1.807) is 11.0 Å². The monoisotopic (exact) mass is 546 g/mol. The predicted molar refractivity (Wildman–Crippen MR) is 124 cm³/mol. The summed E-state index contributed by atoms with van der Waals surface area (Å²) >= 11 is 3.35. The number of sulfonamides is 1. The van der Waals surface area contributed by atoms with E-state index in [1.807, 2.05) is 13.8 Å². The zero-order valence-electron chi connectivity index (χ0n) is 18.6. The quantitative estimate of drug-likeness (QED) is 0.459. The van der Waals surface area contributed by atoms with Crippen molar-refractivity contribution >= 4 is 31.6 Å². The SMILES string of the molecule is CC(C)C[C@@H]1CN(C2CC(F)(F)C2)c2cc(Oc3ccccc3F)c(Br)cc2S(=O)(=O)N1C. The molecule has 0 saturated heterocycles. The molecule has 0 aromatic heterocycles. The molecule has 0 N–H and O–H groups in total. The molecule has 1 saturated carbocycles. The van der Waals surface area contributed by atoms with Gasteiger partial charge in [-0.1, -0.05) is 26.0 Å². The van der Waals surface area contributed by atoms with Crippen LogP contribution >= 0.6 is 15.9 Å². The van der Waals surface area contributed by atoms with Gasteiger partial charge in [0.2, 0.25) is 10.0 Å². The molecule has 1 aliphatic heterocycles. The van der Waals surface area contributed by atoms with Crippen molar-refractivity contribution in [1.82, 2.24) is 4.31 Å². The van der Waals surface area contributed by atoms with Gasteiger partial charge in [-0.15, -0.1) is 0 Å². The van der Waals surface area contributed by atoms with Gasteiger partial charge in [0.05, 0.1) is 10.2 Å². The van der Waals surface area contributed by atoms with Crippen LogP contribution in [-0.2, 0) is 10.0 Å². The van der Waals surface area contributed by atoms with Crippen molar-refractivity contribution in [2.45, 2.75) is 56.0 Å². The average molecular weight is 547 g/mol. The third kappa shape index (κ3) is 4.74. The first-order chi connectivity index (χ1) is 15.4. The molecule has 1 fully saturated rings. The molecule has 1 heterocycles. The largest absolute Gasteiger partial charge is 0.453 e. The molecule has 2 aromatic rings. The molecule has 0 spiro atoms. The van der Waals surface area contributed by atoms with Crippen LogP contribution < -0.4 is 9.64 Å². The highest BCUT2D eigenvalue weighted by molar-refractivity contribution is 9.10. The molecular formula is C23H26BrF3N2O3S. The van der Waals surface area contributed by atoms with Crippen LogP contribution in [-0.4, -0.2) is 44.3 Å². The van der Waals surface area contributed by atoms with E-state index < -0.39 is 27.8 Å². The highest BCUT2D eigenvalue weighted by atomic mass is 79.9. The lowest BCUT2D eigenvalue weighted by Crippen LogP contribution is -2.54. The molecule has 0 amide bonds. The Hall–Kier alpha value is -1.78. The Bertz CT molecular complexity index is 1150. The molecule has 180 valence electrons. The molecule has 0 radical (unpaired) electrons. The van der Waals surface area contributed by atoms with Crippen molar-refractivity contribution in [3.63, 3.8) is 0 Å². The van der Waals surface area contributed by atoms with E-state index in [4.69, 9.17) is 4.74 Å². The number of anilines is 1. The Morgan fingerprint density at radius 2 is 1.85 bits per heavy atom. The number of halogens is 4.